The van der Waals surface area contributed by atoms with Crippen LogP contribution in [0.1, 0.15) is 5.56 Å². The second-order valence-electron chi connectivity index (χ2n) is 5.02. The summed E-state index contributed by atoms with van der Waals surface area (Å²) < 4.78 is 5.64. The Hall–Kier alpha value is -1.29. The SMILES string of the molecule is c1ccc(C[C@@H]2COCN2CSc2ccccc2)cc1. The molecule has 1 saturated heterocycles. The Morgan fingerprint density at radius 1 is 1.00 bits per heavy atom. The average Bonchev–Trinajstić information content (AvgIpc) is 2.94. The summed E-state index contributed by atoms with van der Waals surface area (Å²) in [6, 6.07) is 21.7. The number of rotatable bonds is 5. The molecular formula is C17H19NOS. The molecule has 3 heteroatoms. The molecule has 0 amide bonds. The topological polar surface area (TPSA) is 12.5 Å². The number of benzene rings is 2. The van der Waals surface area contributed by atoms with Crippen molar-refractivity contribution < 1.29 is 4.74 Å². The molecule has 0 N–H and O–H groups in total. The Balaban J connectivity index is 1.56. The van der Waals surface area contributed by atoms with Gasteiger partial charge in [0.2, 0.25) is 0 Å². The van der Waals surface area contributed by atoms with E-state index in [1.54, 1.807) is 0 Å². The van der Waals surface area contributed by atoms with Crippen molar-refractivity contribution in [2.75, 3.05) is 19.2 Å². The Kier molecular flexibility index (Phi) is 4.74. The molecule has 0 aromatic heterocycles. The van der Waals surface area contributed by atoms with Crippen LogP contribution < -0.4 is 0 Å². The lowest BCUT2D eigenvalue weighted by Crippen LogP contribution is -2.32. The van der Waals surface area contributed by atoms with Gasteiger partial charge in [-0.2, -0.15) is 0 Å². The van der Waals surface area contributed by atoms with E-state index in [-0.39, 0.29) is 0 Å². The van der Waals surface area contributed by atoms with Gasteiger partial charge < -0.3 is 4.74 Å². The highest BCUT2D eigenvalue weighted by Gasteiger charge is 2.25. The molecule has 3 rings (SSSR count). The molecular weight excluding hydrogens is 266 g/mol. The maximum absolute atomic E-state index is 5.64. The highest BCUT2D eigenvalue weighted by atomic mass is 32.2. The molecule has 0 bridgehead atoms. The van der Waals surface area contributed by atoms with Crippen LogP contribution in [0, 0.1) is 0 Å². The first-order valence-corrected chi connectivity index (χ1v) is 7.94. The Morgan fingerprint density at radius 2 is 1.70 bits per heavy atom. The van der Waals surface area contributed by atoms with E-state index in [1.807, 2.05) is 11.8 Å². The van der Waals surface area contributed by atoms with Crippen molar-refractivity contribution in [3.63, 3.8) is 0 Å². The molecule has 1 aliphatic heterocycles. The monoisotopic (exact) mass is 285 g/mol. The summed E-state index contributed by atoms with van der Waals surface area (Å²) in [6.45, 7) is 1.58. The number of ether oxygens (including phenoxy) is 1. The van der Waals surface area contributed by atoms with Gasteiger partial charge in [-0.25, -0.2) is 0 Å². The number of hydrogen-bond acceptors (Lipinski definition) is 3. The van der Waals surface area contributed by atoms with Crippen LogP contribution in [0.2, 0.25) is 0 Å². The van der Waals surface area contributed by atoms with Crippen molar-refractivity contribution in [1.82, 2.24) is 4.90 Å². The minimum atomic E-state index is 0.494. The van der Waals surface area contributed by atoms with E-state index >= 15 is 0 Å². The largest absolute Gasteiger partial charge is 0.364 e. The van der Waals surface area contributed by atoms with Crippen LogP contribution >= 0.6 is 11.8 Å². The van der Waals surface area contributed by atoms with E-state index in [4.69, 9.17) is 4.74 Å². The average molecular weight is 285 g/mol. The lowest BCUT2D eigenvalue weighted by Gasteiger charge is -2.21. The highest BCUT2D eigenvalue weighted by Crippen LogP contribution is 2.23. The van der Waals surface area contributed by atoms with Crippen LogP contribution in [-0.2, 0) is 11.2 Å². The number of thioether (sulfide) groups is 1. The molecule has 1 atom stereocenters. The predicted octanol–water partition coefficient (Wildman–Crippen LogP) is 3.64. The minimum Gasteiger partial charge on any atom is -0.364 e. The maximum Gasteiger partial charge on any atom is 0.100 e. The van der Waals surface area contributed by atoms with E-state index < -0.39 is 0 Å². The van der Waals surface area contributed by atoms with E-state index in [9.17, 15) is 0 Å². The summed E-state index contributed by atoms with van der Waals surface area (Å²) in [4.78, 5) is 3.74. The van der Waals surface area contributed by atoms with Crippen LogP contribution in [-0.4, -0.2) is 30.2 Å². The van der Waals surface area contributed by atoms with Gasteiger partial charge in [0.25, 0.3) is 0 Å². The molecule has 1 aliphatic rings. The first kappa shape index (κ1) is 13.7. The Bertz CT molecular complexity index is 517. The van der Waals surface area contributed by atoms with Crippen molar-refractivity contribution in [3.8, 4) is 0 Å². The van der Waals surface area contributed by atoms with E-state index in [1.165, 1.54) is 10.5 Å². The summed E-state index contributed by atoms with van der Waals surface area (Å²) >= 11 is 1.88. The van der Waals surface area contributed by atoms with Gasteiger partial charge in [-0.3, -0.25) is 4.90 Å². The number of hydrogen-bond donors (Lipinski definition) is 0. The molecule has 0 aliphatic carbocycles. The summed E-state index contributed by atoms with van der Waals surface area (Å²) in [5.74, 6) is 0.988. The van der Waals surface area contributed by atoms with Gasteiger partial charge in [-0.05, 0) is 24.1 Å². The second-order valence-corrected chi connectivity index (χ2v) is 6.04. The molecule has 0 saturated carbocycles. The summed E-state index contributed by atoms with van der Waals surface area (Å²) in [7, 11) is 0. The third kappa shape index (κ3) is 3.63. The van der Waals surface area contributed by atoms with Crippen molar-refractivity contribution in [2.24, 2.45) is 0 Å². The fourth-order valence-corrected chi connectivity index (χ4v) is 3.36. The summed E-state index contributed by atoms with van der Waals surface area (Å²) in [5, 5.41) is 0. The Labute approximate surface area is 124 Å². The van der Waals surface area contributed by atoms with Crippen molar-refractivity contribution in [3.05, 3.63) is 66.2 Å². The first-order valence-electron chi connectivity index (χ1n) is 6.95. The molecule has 1 heterocycles. The fourth-order valence-electron chi connectivity index (χ4n) is 2.41. The van der Waals surface area contributed by atoms with Crippen molar-refractivity contribution in [1.29, 1.82) is 0 Å². The molecule has 2 aromatic rings. The second kappa shape index (κ2) is 6.93. The van der Waals surface area contributed by atoms with Crippen molar-refractivity contribution >= 4 is 11.8 Å². The zero-order valence-electron chi connectivity index (χ0n) is 11.4. The van der Waals surface area contributed by atoms with Gasteiger partial charge in [-0.15, -0.1) is 11.8 Å². The highest BCUT2D eigenvalue weighted by molar-refractivity contribution is 7.99. The molecule has 2 aromatic carbocycles. The first-order chi connectivity index (χ1) is 9.92. The van der Waals surface area contributed by atoms with E-state index in [2.05, 4.69) is 65.6 Å². The maximum atomic E-state index is 5.64. The van der Waals surface area contributed by atoms with Crippen LogP contribution in [0.5, 0.6) is 0 Å². The summed E-state index contributed by atoms with van der Waals surface area (Å²) in [6.07, 6.45) is 1.07. The van der Waals surface area contributed by atoms with Gasteiger partial charge >= 0.3 is 0 Å². The minimum absolute atomic E-state index is 0.494. The molecule has 20 heavy (non-hydrogen) atoms. The van der Waals surface area contributed by atoms with E-state index in [0.29, 0.717) is 6.04 Å². The third-order valence-electron chi connectivity index (χ3n) is 3.54. The standard InChI is InChI=1S/C17H19NOS/c1-3-7-15(8-4-1)11-16-12-19-13-18(16)14-20-17-9-5-2-6-10-17/h1-10,16H,11-14H2/t16-/m1/s1. The molecule has 104 valence electrons. The van der Waals surface area contributed by atoms with Crippen molar-refractivity contribution in [2.45, 2.75) is 17.4 Å². The van der Waals surface area contributed by atoms with E-state index in [0.717, 1.165) is 25.6 Å². The Morgan fingerprint density at radius 3 is 2.45 bits per heavy atom. The van der Waals surface area contributed by atoms with Gasteiger partial charge in [0.1, 0.15) is 6.73 Å². The predicted molar refractivity (Wildman–Crippen MR) is 83.8 cm³/mol. The summed E-state index contributed by atoms with van der Waals surface area (Å²) in [5.41, 5.74) is 1.39. The van der Waals surface area contributed by atoms with Gasteiger partial charge in [0.15, 0.2) is 0 Å². The molecule has 1 fully saturated rings. The smallest absolute Gasteiger partial charge is 0.100 e. The van der Waals surface area contributed by atoms with Gasteiger partial charge in [0.05, 0.1) is 12.5 Å². The van der Waals surface area contributed by atoms with Crippen LogP contribution in [0.3, 0.4) is 0 Å². The number of nitrogens with zero attached hydrogens (tertiary/aromatic N) is 1. The third-order valence-corrected chi connectivity index (χ3v) is 4.60. The lowest BCUT2D eigenvalue weighted by molar-refractivity contribution is 0.150. The molecule has 0 spiro atoms. The molecule has 0 unspecified atom stereocenters. The molecule has 0 radical (unpaired) electrons. The molecule has 2 nitrogen and oxygen atoms in total. The van der Waals surface area contributed by atoms with Crippen LogP contribution in [0.25, 0.3) is 0 Å². The normalized spacial score (nSPS) is 19.3. The van der Waals surface area contributed by atoms with Crippen LogP contribution in [0.15, 0.2) is 65.6 Å². The van der Waals surface area contributed by atoms with Gasteiger partial charge in [-0.1, -0.05) is 48.5 Å². The fraction of sp³-hybridized carbons (Fsp3) is 0.294. The quantitative estimate of drug-likeness (QED) is 0.778. The lowest BCUT2D eigenvalue weighted by atomic mass is 10.1. The zero-order valence-corrected chi connectivity index (χ0v) is 12.3. The van der Waals surface area contributed by atoms with Crippen LogP contribution in [0.4, 0.5) is 0 Å². The van der Waals surface area contributed by atoms with Gasteiger partial charge in [0, 0.05) is 10.9 Å². The zero-order chi connectivity index (χ0) is 13.6.